The molecular formula is C27H33N3O7. The zero-order valence-electron chi connectivity index (χ0n) is 21.4. The van der Waals surface area contributed by atoms with Crippen molar-refractivity contribution >= 4 is 17.7 Å². The van der Waals surface area contributed by atoms with E-state index in [9.17, 15) is 14.4 Å². The van der Waals surface area contributed by atoms with E-state index in [1.54, 1.807) is 79.7 Å². The van der Waals surface area contributed by atoms with Crippen LogP contribution in [0.1, 0.15) is 33.6 Å². The number of hydrogen-bond acceptors (Lipinski definition) is 7. The molecule has 198 valence electrons. The fourth-order valence-electron chi connectivity index (χ4n) is 4.81. The molecule has 0 saturated carbocycles. The van der Waals surface area contributed by atoms with Gasteiger partial charge in [0.2, 0.25) is 5.91 Å². The Morgan fingerprint density at radius 1 is 0.892 bits per heavy atom. The molecule has 2 aromatic carbocycles. The lowest BCUT2D eigenvalue weighted by atomic mass is 9.96. The predicted molar refractivity (Wildman–Crippen MR) is 135 cm³/mol. The molecule has 2 aromatic rings. The van der Waals surface area contributed by atoms with Crippen molar-refractivity contribution in [3.8, 4) is 11.5 Å². The summed E-state index contributed by atoms with van der Waals surface area (Å²) in [7, 11) is 4.69. The number of benzene rings is 2. The normalized spacial score (nSPS) is 18.5. The molecule has 0 aromatic heterocycles. The highest BCUT2D eigenvalue weighted by Gasteiger charge is 2.54. The first-order chi connectivity index (χ1) is 17.9. The highest BCUT2D eigenvalue weighted by atomic mass is 16.5. The molecule has 37 heavy (non-hydrogen) atoms. The van der Waals surface area contributed by atoms with Gasteiger partial charge in [0.15, 0.2) is 0 Å². The van der Waals surface area contributed by atoms with Crippen LogP contribution in [0.4, 0.5) is 0 Å². The maximum absolute atomic E-state index is 13.8. The van der Waals surface area contributed by atoms with Gasteiger partial charge in [0, 0.05) is 50.7 Å². The maximum atomic E-state index is 13.8. The molecule has 4 rings (SSSR count). The summed E-state index contributed by atoms with van der Waals surface area (Å²) in [5.74, 6) is 0.603. The van der Waals surface area contributed by atoms with Gasteiger partial charge in [-0.15, -0.1) is 0 Å². The van der Waals surface area contributed by atoms with E-state index in [1.165, 1.54) is 0 Å². The number of nitrogens with zero attached hydrogens (tertiary/aromatic N) is 2. The van der Waals surface area contributed by atoms with E-state index in [1.807, 2.05) is 0 Å². The SMILES string of the molecule is COCCNC(=O)[C@H]1COC2(CCN(C(=O)c3ccc(OC)cc3)CC2)N1C(=O)c1ccc(OC)cc1. The lowest BCUT2D eigenvalue weighted by Gasteiger charge is -2.44. The van der Waals surface area contributed by atoms with Crippen molar-refractivity contribution in [1.82, 2.24) is 15.1 Å². The summed E-state index contributed by atoms with van der Waals surface area (Å²) in [4.78, 5) is 43.2. The van der Waals surface area contributed by atoms with Crippen molar-refractivity contribution in [2.45, 2.75) is 24.6 Å². The van der Waals surface area contributed by atoms with Crippen LogP contribution in [0.3, 0.4) is 0 Å². The Bertz CT molecular complexity index is 1100. The van der Waals surface area contributed by atoms with Gasteiger partial charge in [-0.1, -0.05) is 0 Å². The Morgan fingerprint density at radius 3 is 1.95 bits per heavy atom. The van der Waals surface area contributed by atoms with Crippen LogP contribution in [0.5, 0.6) is 11.5 Å². The third kappa shape index (κ3) is 5.55. The van der Waals surface area contributed by atoms with Crippen molar-refractivity contribution < 1.29 is 33.3 Å². The molecule has 2 aliphatic heterocycles. The van der Waals surface area contributed by atoms with Gasteiger partial charge in [-0.05, 0) is 48.5 Å². The molecule has 1 N–H and O–H groups in total. The highest BCUT2D eigenvalue weighted by molar-refractivity contribution is 5.99. The maximum Gasteiger partial charge on any atom is 0.256 e. The first-order valence-corrected chi connectivity index (χ1v) is 12.2. The van der Waals surface area contributed by atoms with Gasteiger partial charge in [0.25, 0.3) is 11.8 Å². The number of carbonyl (C=O) groups is 3. The van der Waals surface area contributed by atoms with Crippen LogP contribution < -0.4 is 14.8 Å². The summed E-state index contributed by atoms with van der Waals surface area (Å²) in [5.41, 5.74) is -0.000460. The quantitative estimate of drug-likeness (QED) is 0.540. The second-order valence-corrected chi connectivity index (χ2v) is 8.98. The first kappa shape index (κ1) is 26.4. The number of carbonyl (C=O) groups excluding carboxylic acids is 3. The van der Waals surface area contributed by atoms with Crippen LogP contribution in [0, 0.1) is 0 Å². The fourth-order valence-corrected chi connectivity index (χ4v) is 4.81. The van der Waals surface area contributed by atoms with Crippen molar-refractivity contribution in [2.24, 2.45) is 0 Å². The average molecular weight is 512 g/mol. The number of ether oxygens (including phenoxy) is 4. The predicted octanol–water partition coefficient (Wildman–Crippen LogP) is 1.94. The van der Waals surface area contributed by atoms with Crippen LogP contribution in [0.15, 0.2) is 48.5 Å². The van der Waals surface area contributed by atoms with Crippen LogP contribution in [-0.4, -0.2) is 93.5 Å². The van der Waals surface area contributed by atoms with Gasteiger partial charge in [-0.2, -0.15) is 0 Å². The molecule has 1 spiro atoms. The molecule has 10 nitrogen and oxygen atoms in total. The molecule has 0 aliphatic carbocycles. The number of amides is 3. The third-order valence-corrected chi connectivity index (χ3v) is 6.89. The zero-order valence-corrected chi connectivity index (χ0v) is 21.4. The summed E-state index contributed by atoms with van der Waals surface area (Å²) in [5, 5.41) is 2.83. The summed E-state index contributed by atoms with van der Waals surface area (Å²) in [6.45, 7) is 1.53. The molecule has 0 radical (unpaired) electrons. The van der Waals surface area contributed by atoms with Gasteiger partial charge < -0.3 is 29.2 Å². The zero-order chi connectivity index (χ0) is 26.4. The minimum atomic E-state index is -0.989. The van der Waals surface area contributed by atoms with Crippen LogP contribution in [0.25, 0.3) is 0 Å². The van der Waals surface area contributed by atoms with Crippen molar-refractivity contribution in [3.05, 3.63) is 59.7 Å². The second-order valence-electron chi connectivity index (χ2n) is 8.98. The number of hydrogen-bond donors (Lipinski definition) is 1. The minimum Gasteiger partial charge on any atom is -0.497 e. The number of rotatable bonds is 8. The average Bonchev–Trinajstić information content (AvgIpc) is 3.31. The molecule has 2 heterocycles. The van der Waals surface area contributed by atoms with E-state index in [-0.39, 0.29) is 24.3 Å². The van der Waals surface area contributed by atoms with Crippen LogP contribution in [0.2, 0.25) is 0 Å². The molecule has 2 aliphatic rings. The van der Waals surface area contributed by atoms with Gasteiger partial charge in [0.05, 0.1) is 27.4 Å². The van der Waals surface area contributed by atoms with E-state index < -0.39 is 11.8 Å². The van der Waals surface area contributed by atoms with Gasteiger partial charge in [-0.3, -0.25) is 19.3 Å². The molecule has 10 heteroatoms. The summed E-state index contributed by atoms with van der Waals surface area (Å²) in [6, 6.07) is 12.9. The van der Waals surface area contributed by atoms with Crippen molar-refractivity contribution in [2.75, 3.05) is 54.2 Å². The molecule has 0 bridgehead atoms. The topological polar surface area (TPSA) is 107 Å². The van der Waals surface area contributed by atoms with Crippen molar-refractivity contribution in [3.63, 3.8) is 0 Å². The van der Waals surface area contributed by atoms with Gasteiger partial charge in [0.1, 0.15) is 23.3 Å². The second kappa shape index (κ2) is 11.6. The third-order valence-electron chi connectivity index (χ3n) is 6.89. The smallest absolute Gasteiger partial charge is 0.256 e. The Kier molecular flexibility index (Phi) is 8.30. The summed E-state index contributed by atoms with van der Waals surface area (Å²) < 4.78 is 21.6. The Balaban J connectivity index is 1.53. The monoisotopic (exact) mass is 511 g/mol. The van der Waals surface area contributed by atoms with E-state index >= 15 is 0 Å². The summed E-state index contributed by atoms with van der Waals surface area (Å²) >= 11 is 0. The number of methoxy groups -OCH3 is 3. The molecular weight excluding hydrogens is 478 g/mol. The largest absolute Gasteiger partial charge is 0.497 e. The highest BCUT2D eigenvalue weighted by Crippen LogP contribution is 2.39. The first-order valence-electron chi connectivity index (χ1n) is 12.2. The number of nitrogens with one attached hydrogen (secondary N) is 1. The Hall–Kier alpha value is -3.63. The van der Waals surface area contributed by atoms with E-state index in [0.717, 1.165) is 0 Å². The van der Waals surface area contributed by atoms with Crippen LogP contribution >= 0.6 is 0 Å². The van der Waals surface area contributed by atoms with E-state index in [2.05, 4.69) is 5.32 Å². The van der Waals surface area contributed by atoms with Gasteiger partial charge >= 0.3 is 0 Å². The molecule has 3 amide bonds. The van der Waals surface area contributed by atoms with Gasteiger partial charge in [-0.25, -0.2) is 0 Å². The lowest BCUT2D eigenvalue weighted by Crippen LogP contribution is -2.60. The molecule has 0 unspecified atom stereocenters. The lowest BCUT2D eigenvalue weighted by molar-refractivity contribution is -0.128. The molecule has 2 saturated heterocycles. The number of likely N-dealkylation sites (tertiary alicyclic amines) is 1. The van der Waals surface area contributed by atoms with E-state index in [4.69, 9.17) is 18.9 Å². The molecule has 1 atom stereocenters. The van der Waals surface area contributed by atoms with E-state index in [0.29, 0.717) is 61.7 Å². The minimum absolute atomic E-state index is 0.0765. The standard InChI is InChI=1S/C27H33N3O7/c1-34-17-14-28-24(31)23-18-37-27(30(23)26(33)20-6-10-22(36-3)11-7-20)12-15-29(16-13-27)25(32)19-4-8-21(35-2)9-5-19/h4-11,23H,12-18H2,1-3H3,(H,28,31)/t23-/m1/s1. The van der Waals surface area contributed by atoms with Crippen LogP contribution in [-0.2, 0) is 14.3 Å². The Labute approximate surface area is 216 Å². The fraction of sp³-hybridized carbons (Fsp3) is 0.444. The number of piperidine rings is 1. The molecule has 2 fully saturated rings. The Morgan fingerprint density at radius 2 is 1.43 bits per heavy atom. The summed E-state index contributed by atoms with van der Waals surface area (Å²) in [6.07, 6.45) is 0.775. The van der Waals surface area contributed by atoms with Crippen molar-refractivity contribution in [1.29, 1.82) is 0 Å².